The summed E-state index contributed by atoms with van der Waals surface area (Å²) >= 11 is 0. The molecule has 1 N–H and O–H groups in total. The zero-order valence-corrected chi connectivity index (χ0v) is 9.97. The second kappa shape index (κ2) is 4.63. The van der Waals surface area contributed by atoms with Crippen molar-refractivity contribution in [3.8, 4) is 17.8 Å². The van der Waals surface area contributed by atoms with E-state index in [1.54, 1.807) is 25.1 Å². The van der Waals surface area contributed by atoms with E-state index in [9.17, 15) is 9.59 Å². The van der Waals surface area contributed by atoms with Gasteiger partial charge in [-0.3, -0.25) is 14.3 Å². The molecule has 1 heterocycles. The molecule has 0 saturated heterocycles. The number of nitrogens with zero attached hydrogens (tertiary/aromatic N) is 3. The first-order valence-electron chi connectivity index (χ1n) is 5.34. The summed E-state index contributed by atoms with van der Waals surface area (Å²) in [5.74, 6) is 0. The Balaban J connectivity index is 2.80. The van der Waals surface area contributed by atoms with Gasteiger partial charge in [-0.25, -0.2) is 4.79 Å². The maximum atomic E-state index is 11.8. The van der Waals surface area contributed by atoms with E-state index < -0.39 is 11.2 Å². The molecule has 2 rings (SSSR count). The molecule has 19 heavy (non-hydrogen) atoms. The lowest BCUT2D eigenvalue weighted by molar-refractivity contribution is 0.882. The molecule has 6 nitrogen and oxygen atoms in total. The topological polar surface area (TPSA) is 102 Å². The van der Waals surface area contributed by atoms with Gasteiger partial charge in [-0.05, 0) is 24.6 Å². The number of rotatable bonds is 1. The first-order valence-corrected chi connectivity index (χ1v) is 5.34. The molecular weight excluding hydrogens is 244 g/mol. The molecule has 0 atom stereocenters. The minimum absolute atomic E-state index is 0.165. The maximum Gasteiger partial charge on any atom is 0.332 e. The number of hydrogen-bond donors (Lipinski definition) is 1. The molecule has 6 heteroatoms. The number of hydrogen-bond acceptors (Lipinski definition) is 4. The van der Waals surface area contributed by atoms with E-state index >= 15 is 0 Å². The molecule has 0 aliphatic rings. The Bertz CT molecular complexity index is 847. The van der Waals surface area contributed by atoms with Gasteiger partial charge in [0.15, 0.2) is 0 Å². The third-order valence-corrected chi connectivity index (χ3v) is 2.66. The Morgan fingerprint density at radius 3 is 2.58 bits per heavy atom. The number of benzene rings is 1. The number of aryl methyl sites for hydroxylation is 1. The van der Waals surface area contributed by atoms with Crippen molar-refractivity contribution in [2.45, 2.75) is 6.92 Å². The van der Waals surface area contributed by atoms with Gasteiger partial charge >= 0.3 is 5.69 Å². The monoisotopic (exact) mass is 252 g/mol. The van der Waals surface area contributed by atoms with Crippen LogP contribution < -0.4 is 11.2 Å². The van der Waals surface area contributed by atoms with E-state index in [2.05, 4.69) is 4.98 Å². The molecule has 1 aromatic carbocycles. The average Bonchev–Trinajstić information content (AvgIpc) is 2.40. The number of aromatic amines is 1. The molecule has 0 aliphatic heterocycles. The molecule has 0 fully saturated rings. The van der Waals surface area contributed by atoms with Gasteiger partial charge in [0, 0.05) is 6.20 Å². The van der Waals surface area contributed by atoms with Crippen LogP contribution in [0.2, 0.25) is 0 Å². The Hall–Kier alpha value is -3.12. The number of H-pyrrole nitrogens is 1. The molecule has 0 amide bonds. The van der Waals surface area contributed by atoms with Gasteiger partial charge in [0.2, 0.25) is 0 Å². The molecule has 0 spiro atoms. The summed E-state index contributed by atoms with van der Waals surface area (Å²) in [6.07, 6.45) is 1.17. The lowest BCUT2D eigenvalue weighted by Gasteiger charge is -2.08. The van der Waals surface area contributed by atoms with Crippen molar-refractivity contribution in [3.63, 3.8) is 0 Å². The van der Waals surface area contributed by atoms with Crippen molar-refractivity contribution in [1.29, 1.82) is 10.5 Å². The van der Waals surface area contributed by atoms with Gasteiger partial charge in [-0.1, -0.05) is 6.07 Å². The Morgan fingerprint density at radius 1 is 1.21 bits per heavy atom. The first-order chi connectivity index (χ1) is 9.06. The second-order valence-corrected chi connectivity index (χ2v) is 3.90. The van der Waals surface area contributed by atoms with E-state index in [-0.39, 0.29) is 5.56 Å². The molecule has 0 radical (unpaired) electrons. The summed E-state index contributed by atoms with van der Waals surface area (Å²) < 4.78 is 1.15. The highest BCUT2D eigenvalue weighted by Gasteiger charge is 2.08. The Kier molecular flexibility index (Phi) is 3.01. The summed E-state index contributed by atoms with van der Waals surface area (Å²) in [7, 11) is 0. The smallest absolute Gasteiger partial charge is 0.273 e. The highest BCUT2D eigenvalue weighted by Crippen LogP contribution is 2.13. The number of aromatic nitrogens is 2. The highest BCUT2D eigenvalue weighted by atomic mass is 16.2. The Labute approximate surface area is 107 Å². The number of nitriles is 2. The van der Waals surface area contributed by atoms with E-state index in [1.807, 2.05) is 6.07 Å². The van der Waals surface area contributed by atoms with Crippen LogP contribution in [-0.4, -0.2) is 9.55 Å². The van der Waals surface area contributed by atoms with Crippen molar-refractivity contribution in [2.75, 3.05) is 0 Å². The SMILES string of the molecule is Cc1ccc(C#N)cc1-n1cc(C#N)c(=O)[nH]c1=O. The van der Waals surface area contributed by atoms with Gasteiger partial charge in [0.1, 0.15) is 11.6 Å². The van der Waals surface area contributed by atoms with Crippen LogP contribution in [0.1, 0.15) is 16.7 Å². The van der Waals surface area contributed by atoms with Crippen molar-refractivity contribution in [2.24, 2.45) is 0 Å². The third kappa shape index (κ3) is 2.15. The Morgan fingerprint density at radius 2 is 1.95 bits per heavy atom. The van der Waals surface area contributed by atoms with Gasteiger partial charge in [-0.2, -0.15) is 10.5 Å². The summed E-state index contributed by atoms with van der Waals surface area (Å²) in [4.78, 5) is 25.2. The molecular formula is C13H8N4O2. The van der Waals surface area contributed by atoms with Crippen LogP contribution in [0.15, 0.2) is 34.0 Å². The van der Waals surface area contributed by atoms with Crippen LogP contribution >= 0.6 is 0 Å². The normalized spacial score (nSPS) is 9.63. The molecule has 2 aromatic rings. The van der Waals surface area contributed by atoms with Crippen molar-refractivity contribution < 1.29 is 0 Å². The molecule has 1 aromatic heterocycles. The third-order valence-electron chi connectivity index (χ3n) is 2.66. The summed E-state index contributed by atoms with van der Waals surface area (Å²) in [5.41, 5.74) is 0.0486. The predicted molar refractivity (Wildman–Crippen MR) is 66.8 cm³/mol. The second-order valence-electron chi connectivity index (χ2n) is 3.90. The zero-order valence-electron chi connectivity index (χ0n) is 9.97. The lowest BCUT2D eigenvalue weighted by Crippen LogP contribution is -2.30. The van der Waals surface area contributed by atoms with Crippen molar-refractivity contribution in [3.05, 3.63) is 61.9 Å². The van der Waals surface area contributed by atoms with Gasteiger partial charge < -0.3 is 0 Å². The van der Waals surface area contributed by atoms with Crippen molar-refractivity contribution in [1.82, 2.24) is 9.55 Å². The van der Waals surface area contributed by atoms with Crippen LogP contribution in [0.4, 0.5) is 0 Å². The molecule has 0 unspecified atom stereocenters. The van der Waals surface area contributed by atoms with E-state index in [4.69, 9.17) is 10.5 Å². The summed E-state index contributed by atoms with van der Waals surface area (Å²) in [6, 6.07) is 8.53. The first kappa shape index (κ1) is 12.3. The van der Waals surface area contributed by atoms with Crippen LogP contribution in [0.3, 0.4) is 0 Å². The van der Waals surface area contributed by atoms with Crippen LogP contribution in [0, 0.1) is 29.6 Å². The van der Waals surface area contributed by atoms with Crippen LogP contribution in [-0.2, 0) is 0 Å². The zero-order chi connectivity index (χ0) is 14.0. The molecule has 0 bridgehead atoms. The van der Waals surface area contributed by atoms with Crippen LogP contribution in [0.5, 0.6) is 0 Å². The maximum absolute atomic E-state index is 11.8. The molecule has 0 aliphatic carbocycles. The largest absolute Gasteiger partial charge is 0.332 e. The summed E-state index contributed by atoms with van der Waals surface area (Å²) in [5, 5.41) is 17.7. The quantitative estimate of drug-likeness (QED) is 0.801. The van der Waals surface area contributed by atoms with E-state index in [0.717, 1.165) is 10.1 Å². The fourth-order valence-corrected chi connectivity index (χ4v) is 1.67. The van der Waals surface area contributed by atoms with Crippen molar-refractivity contribution >= 4 is 0 Å². The van der Waals surface area contributed by atoms with Gasteiger partial charge in [0.25, 0.3) is 5.56 Å². The van der Waals surface area contributed by atoms with Gasteiger partial charge in [0.05, 0.1) is 17.3 Å². The molecule has 0 saturated carbocycles. The minimum atomic E-state index is -0.724. The standard InChI is InChI=1S/C13H8N4O2/c1-8-2-3-9(5-14)4-11(8)17-7-10(6-15)12(18)16-13(17)19/h2-4,7H,1H3,(H,16,18,19). The van der Waals surface area contributed by atoms with Gasteiger partial charge in [-0.15, -0.1) is 0 Å². The summed E-state index contributed by atoms with van der Waals surface area (Å²) in [6.45, 7) is 1.76. The fraction of sp³-hybridized carbons (Fsp3) is 0.0769. The predicted octanol–water partition coefficient (Wildman–Crippen LogP) is 0.578. The van der Waals surface area contributed by atoms with E-state index in [0.29, 0.717) is 11.3 Å². The average molecular weight is 252 g/mol. The minimum Gasteiger partial charge on any atom is -0.273 e. The fourth-order valence-electron chi connectivity index (χ4n) is 1.67. The van der Waals surface area contributed by atoms with Crippen LogP contribution in [0.25, 0.3) is 5.69 Å². The lowest BCUT2D eigenvalue weighted by atomic mass is 10.1. The highest BCUT2D eigenvalue weighted by molar-refractivity contribution is 5.47. The number of nitrogens with one attached hydrogen (secondary N) is 1. The van der Waals surface area contributed by atoms with E-state index in [1.165, 1.54) is 12.3 Å². The molecule has 92 valence electrons.